The molecule has 0 bridgehead atoms. The van der Waals surface area contributed by atoms with Crippen molar-refractivity contribution < 1.29 is 51.0 Å². The minimum Gasteiger partial charge on any atom is -1.00 e. The summed E-state index contributed by atoms with van der Waals surface area (Å²) in [7, 11) is -2.58. The Labute approximate surface area is 225 Å². The van der Waals surface area contributed by atoms with Crippen LogP contribution in [0.4, 0.5) is 0 Å². The average molecular weight is 575 g/mol. The Morgan fingerprint density at radius 2 is 0.935 bits per heavy atom. The van der Waals surface area contributed by atoms with Gasteiger partial charge in [0.25, 0.3) is 0 Å². The molecule has 0 spiro atoms. The molecule has 0 unspecified atom stereocenters. The molecule has 0 atom stereocenters. The molecule has 2 aliphatic carbocycles. The fourth-order valence-corrected chi connectivity index (χ4v) is 10.8. The molecule has 4 rings (SSSR count). The number of hydrogen-bond acceptors (Lipinski definition) is 2. The molecule has 2 aliphatic heterocycles. The summed E-state index contributed by atoms with van der Waals surface area (Å²) in [5, 5.41) is 3.22. The van der Waals surface area contributed by atoms with E-state index in [0.29, 0.717) is 0 Å². The topological polar surface area (TPSA) is 6.48 Å². The van der Waals surface area contributed by atoms with Gasteiger partial charge >= 0.3 is 26.2 Å². The van der Waals surface area contributed by atoms with E-state index in [1.165, 1.54) is 75.9 Å². The van der Waals surface area contributed by atoms with E-state index in [2.05, 4.69) is 73.5 Å². The molecule has 0 N–H and O–H groups in total. The van der Waals surface area contributed by atoms with Gasteiger partial charge in [-0.2, -0.15) is 10.4 Å². The molecule has 0 saturated carbocycles. The zero-order valence-corrected chi connectivity index (χ0v) is 26.3. The number of allylic oxidation sites excluding steroid dienone is 8. The van der Waals surface area contributed by atoms with Crippen molar-refractivity contribution in [1.29, 1.82) is 0 Å². The van der Waals surface area contributed by atoms with Crippen molar-refractivity contribution >= 4 is 16.5 Å². The predicted octanol–water partition coefficient (Wildman–Crippen LogP) is -0.182. The average Bonchev–Trinajstić information content (AvgIpc) is 3.42. The van der Waals surface area contributed by atoms with Gasteiger partial charge in [0.2, 0.25) is 0 Å². The first-order chi connectivity index (χ1) is 13.2. The van der Waals surface area contributed by atoms with Gasteiger partial charge in [-0.05, 0) is 51.9 Å². The number of hydrogen-bond donors (Lipinski definition) is 0. The summed E-state index contributed by atoms with van der Waals surface area (Å²) in [5.74, 6) is 0. The van der Waals surface area contributed by atoms with Crippen LogP contribution in [0.25, 0.3) is 0 Å². The van der Waals surface area contributed by atoms with Crippen molar-refractivity contribution in [2.75, 3.05) is 26.2 Å². The fourth-order valence-electron chi connectivity index (χ4n) is 4.93. The Hall–Kier alpha value is 0.777. The normalized spacial score (nSPS) is 21.6. The Morgan fingerprint density at radius 1 is 0.645 bits per heavy atom. The van der Waals surface area contributed by atoms with Crippen LogP contribution in [0.3, 0.4) is 0 Å². The van der Waals surface area contributed by atoms with Crippen molar-refractivity contribution in [3.05, 3.63) is 45.8 Å². The molecule has 2 saturated heterocycles. The van der Waals surface area contributed by atoms with Crippen LogP contribution in [0.2, 0.25) is 26.2 Å². The largest absolute Gasteiger partial charge is 4.00 e. The smallest absolute Gasteiger partial charge is 1.00 e. The van der Waals surface area contributed by atoms with E-state index >= 15 is 0 Å². The quantitative estimate of drug-likeness (QED) is 0.340. The Morgan fingerprint density at radius 3 is 1.16 bits per heavy atom. The summed E-state index contributed by atoms with van der Waals surface area (Å²) in [6.45, 7) is 19.5. The van der Waals surface area contributed by atoms with Gasteiger partial charge in [0, 0.05) is 0 Å². The van der Waals surface area contributed by atoms with E-state index in [0.717, 1.165) is 0 Å². The van der Waals surface area contributed by atoms with Crippen LogP contribution in [0.15, 0.2) is 33.7 Å². The molecular weight excluding hydrogens is 535 g/mol. The fraction of sp³-hybridized carbons (Fsp3) is 0.667. The van der Waals surface area contributed by atoms with Crippen LogP contribution in [0.1, 0.15) is 52.4 Å². The number of nitrogens with zero attached hydrogens (tertiary/aromatic N) is 2. The predicted molar refractivity (Wildman–Crippen MR) is 127 cm³/mol. The second-order valence-corrected chi connectivity index (χ2v) is 18.6. The van der Waals surface area contributed by atoms with Gasteiger partial charge in [-0.25, -0.2) is 23.3 Å². The first-order valence-corrected chi connectivity index (χ1v) is 17.2. The Kier molecular flexibility index (Phi) is 14.0. The van der Waals surface area contributed by atoms with Crippen LogP contribution in [-0.2, 0) is 26.2 Å². The van der Waals surface area contributed by atoms with Crippen LogP contribution >= 0.6 is 0 Å². The van der Waals surface area contributed by atoms with Crippen molar-refractivity contribution in [3.8, 4) is 0 Å². The monoisotopic (exact) mass is 572 g/mol. The Balaban J connectivity index is 0.000000529. The molecule has 0 aromatic rings. The third kappa shape index (κ3) is 7.91. The summed E-state index contributed by atoms with van der Waals surface area (Å²) < 4.78 is 5.48. The van der Waals surface area contributed by atoms with Gasteiger partial charge in [0.05, 0.1) is 0 Å². The number of halogens is 2. The third-order valence-corrected chi connectivity index (χ3v) is 14.9. The molecule has 0 amide bonds. The van der Waals surface area contributed by atoms with E-state index in [1.807, 2.05) is 0 Å². The molecule has 7 heteroatoms. The molecule has 2 fully saturated rings. The van der Waals surface area contributed by atoms with Crippen LogP contribution in [0, 0.1) is 12.2 Å². The molecule has 0 radical (unpaired) electrons. The summed E-state index contributed by atoms with van der Waals surface area (Å²) in [5.41, 5.74) is 2.69. The van der Waals surface area contributed by atoms with Crippen molar-refractivity contribution in [3.63, 3.8) is 0 Å². The minimum atomic E-state index is -1.29. The zero-order chi connectivity index (χ0) is 20.4. The molecular formula is C24H40Cl2N2Si2Zr. The van der Waals surface area contributed by atoms with Crippen molar-refractivity contribution in [2.24, 2.45) is 0 Å². The van der Waals surface area contributed by atoms with E-state index in [-0.39, 0.29) is 51.0 Å². The van der Waals surface area contributed by atoms with Crippen LogP contribution in [0.5, 0.6) is 0 Å². The van der Waals surface area contributed by atoms with Gasteiger partial charge in [0.15, 0.2) is 0 Å². The molecule has 31 heavy (non-hydrogen) atoms. The zero-order valence-electron chi connectivity index (χ0n) is 20.4. The summed E-state index contributed by atoms with van der Waals surface area (Å²) in [6.07, 6.45) is 19.7. The molecule has 0 aromatic heterocycles. The third-order valence-electron chi connectivity index (χ3n) is 7.19. The van der Waals surface area contributed by atoms with E-state index in [1.54, 1.807) is 10.4 Å². The van der Waals surface area contributed by atoms with E-state index in [4.69, 9.17) is 0 Å². The summed E-state index contributed by atoms with van der Waals surface area (Å²) in [4.78, 5) is 0. The first kappa shape index (κ1) is 31.8. The van der Waals surface area contributed by atoms with Crippen LogP contribution < -0.4 is 24.8 Å². The van der Waals surface area contributed by atoms with E-state index in [9.17, 15) is 0 Å². The van der Waals surface area contributed by atoms with Gasteiger partial charge < -0.3 is 33.9 Å². The van der Waals surface area contributed by atoms with Crippen LogP contribution in [-0.4, -0.2) is 51.8 Å². The minimum absolute atomic E-state index is 0. The standard InChI is InChI=1S/2C12H20NSi.2ClH.Zr/c2*1-11-6-7-12(10-11)14(2,3)13-8-4-5-9-13;;;/h2*6H,4-5,7-9H2,1-3H3;2*1H;/q2*-1;;;+4/p-2. The van der Waals surface area contributed by atoms with Gasteiger partial charge in [-0.15, -0.1) is 0 Å². The molecule has 2 nitrogen and oxygen atoms in total. The van der Waals surface area contributed by atoms with Gasteiger partial charge in [-0.3, -0.25) is 12.2 Å². The number of rotatable bonds is 4. The SMILES string of the molecule is CC1=CCC([Si](C)(C)N2CCCC2)=[C-]1.CC1=CCC([Si](C)(C)N2CCCC2)=[C-]1.[Cl-].[Cl-].[Zr+4]. The van der Waals surface area contributed by atoms with Crippen molar-refractivity contribution in [1.82, 2.24) is 9.13 Å². The molecule has 4 aliphatic rings. The van der Waals surface area contributed by atoms with Crippen molar-refractivity contribution in [2.45, 2.75) is 78.6 Å². The Bertz CT molecular complexity index is 642. The van der Waals surface area contributed by atoms with Gasteiger partial charge in [0.1, 0.15) is 16.5 Å². The van der Waals surface area contributed by atoms with Gasteiger partial charge in [-0.1, -0.05) is 52.9 Å². The second-order valence-electron chi connectivity index (χ2n) is 9.90. The first-order valence-electron chi connectivity index (χ1n) is 11.3. The summed E-state index contributed by atoms with van der Waals surface area (Å²) in [6, 6.07) is 0. The maximum absolute atomic E-state index is 3.57. The maximum Gasteiger partial charge on any atom is 4.00 e. The summed E-state index contributed by atoms with van der Waals surface area (Å²) >= 11 is 0. The molecule has 0 aromatic carbocycles. The molecule has 172 valence electrons. The van der Waals surface area contributed by atoms with E-state index < -0.39 is 16.5 Å². The maximum atomic E-state index is 3.57. The molecule has 2 heterocycles. The second kappa shape index (κ2) is 13.6.